The molecule has 1 saturated carbocycles. The number of guanidine groups is 1. The molecule has 1 aliphatic heterocycles. The van der Waals surface area contributed by atoms with E-state index < -0.39 is 0 Å². The van der Waals surface area contributed by atoms with Gasteiger partial charge < -0.3 is 14.8 Å². The summed E-state index contributed by atoms with van der Waals surface area (Å²) >= 11 is 0. The van der Waals surface area contributed by atoms with Crippen LogP contribution in [0.2, 0.25) is 0 Å². The molecule has 1 aromatic carbocycles. The van der Waals surface area contributed by atoms with Crippen LogP contribution in [0.15, 0.2) is 41.4 Å². The van der Waals surface area contributed by atoms with Crippen LogP contribution in [0.3, 0.4) is 0 Å². The van der Waals surface area contributed by atoms with Crippen LogP contribution < -0.4 is 5.32 Å². The number of aliphatic imine (C=N–C) groups is 1. The van der Waals surface area contributed by atoms with Crippen LogP contribution in [0.1, 0.15) is 42.9 Å². The molecular weight excluding hydrogens is 513 g/mol. The van der Waals surface area contributed by atoms with Crippen molar-refractivity contribution in [3.05, 3.63) is 53.6 Å². The maximum atomic E-state index is 4.96. The van der Waals surface area contributed by atoms with Crippen LogP contribution in [0, 0.1) is 6.92 Å². The lowest BCUT2D eigenvalue weighted by Crippen LogP contribution is -2.53. The Hall–Kier alpha value is -1.94. The minimum atomic E-state index is 0. The molecule has 4 rings (SSSR count). The number of nitrogens with one attached hydrogen (secondary N) is 1. The smallest absolute Gasteiger partial charge is 0.194 e. The van der Waals surface area contributed by atoms with E-state index >= 15 is 0 Å². The topological polar surface area (TPSA) is 61.6 Å². The first kappa shape index (κ1) is 24.7. The minimum Gasteiger partial charge on any atom is -0.353 e. The Labute approximate surface area is 209 Å². The van der Waals surface area contributed by atoms with E-state index in [1.54, 1.807) is 0 Å². The highest BCUT2D eigenvalue weighted by Crippen LogP contribution is 2.18. The molecule has 2 heterocycles. The third-order valence-corrected chi connectivity index (χ3v) is 6.39. The van der Waals surface area contributed by atoms with E-state index in [1.807, 2.05) is 18.5 Å². The van der Waals surface area contributed by atoms with Crippen molar-refractivity contribution < 1.29 is 0 Å². The standard InChI is InChI=1S/C24H35N7.HI/c1-20-27-28-23(29(20)2)19-25-24(26-22-12-6-7-13-22)31-17-15-30(16-18-31)14-8-11-21-9-4-3-5-10-21;/h3-5,8-11,22H,6-7,12-19H2,1-2H3,(H,25,26);1H/b11-8+;. The number of benzene rings is 1. The van der Waals surface area contributed by atoms with Gasteiger partial charge in [0.05, 0.1) is 0 Å². The van der Waals surface area contributed by atoms with Crippen LogP contribution in [-0.2, 0) is 13.6 Å². The number of nitrogens with zero attached hydrogens (tertiary/aromatic N) is 6. The highest BCUT2D eigenvalue weighted by atomic mass is 127. The molecule has 7 nitrogen and oxygen atoms in total. The zero-order chi connectivity index (χ0) is 21.5. The molecule has 174 valence electrons. The SMILES string of the molecule is Cc1nnc(CN=C(NC2CCCC2)N2CCN(C/C=C/c3ccccc3)CC2)n1C.I. The number of hydrogen-bond donors (Lipinski definition) is 1. The lowest BCUT2D eigenvalue weighted by Gasteiger charge is -2.37. The van der Waals surface area contributed by atoms with E-state index in [1.165, 1.54) is 31.2 Å². The van der Waals surface area contributed by atoms with Crippen LogP contribution in [0.4, 0.5) is 0 Å². The van der Waals surface area contributed by atoms with Gasteiger partial charge in [0.25, 0.3) is 0 Å². The van der Waals surface area contributed by atoms with E-state index in [2.05, 4.69) is 67.8 Å². The first-order valence-corrected chi connectivity index (χ1v) is 11.5. The molecule has 1 aromatic heterocycles. The number of aryl methyl sites for hydroxylation is 1. The Morgan fingerprint density at radius 1 is 1.09 bits per heavy atom. The summed E-state index contributed by atoms with van der Waals surface area (Å²) in [7, 11) is 2.01. The van der Waals surface area contributed by atoms with Gasteiger partial charge in [-0.3, -0.25) is 4.90 Å². The molecule has 32 heavy (non-hydrogen) atoms. The van der Waals surface area contributed by atoms with Crippen molar-refractivity contribution in [3.8, 4) is 0 Å². The molecule has 1 saturated heterocycles. The molecule has 1 N–H and O–H groups in total. The van der Waals surface area contributed by atoms with Gasteiger partial charge >= 0.3 is 0 Å². The average molecular weight is 550 g/mol. The zero-order valence-corrected chi connectivity index (χ0v) is 21.6. The number of aromatic nitrogens is 3. The molecule has 2 fully saturated rings. The van der Waals surface area contributed by atoms with Gasteiger partial charge in [0.15, 0.2) is 11.8 Å². The second-order valence-corrected chi connectivity index (χ2v) is 8.59. The quantitative estimate of drug-likeness (QED) is 0.340. The summed E-state index contributed by atoms with van der Waals surface area (Å²) in [5.74, 6) is 2.87. The Balaban J connectivity index is 0.00000289. The molecule has 8 heteroatoms. The largest absolute Gasteiger partial charge is 0.353 e. The van der Waals surface area contributed by atoms with Crippen LogP contribution in [-0.4, -0.2) is 69.3 Å². The van der Waals surface area contributed by atoms with Crippen molar-refractivity contribution in [2.75, 3.05) is 32.7 Å². The molecule has 2 aliphatic rings. The van der Waals surface area contributed by atoms with Crippen LogP contribution in [0.5, 0.6) is 0 Å². The van der Waals surface area contributed by atoms with Crippen LogP contribution >= 0.6 is 24.0 Å². The van der Waals surface area contributed by atoms with E-state index in [0.29, 0.717) is 12.6 Å². The third-order valence-electron chi connectivity index (χ3n) is 6.39. The van der Waals surface area contributed by atoms with Crippen molar-refractivity contribution in [1.29, 1.82) is 0 Å². The lowest BCUT2D eigenvalue weighted by molar-refractivity contribution is 0.193. The van der Waals surface area contributed by atoms with E-state index in [-0.39, 0.29) is 24.0 Å². The summed E-state index contributed by atoms with van der Waals surface area (Å²) in [5.41, 5.74) is 1.26. The number of rotatable bonds is 6. The van der Waals surface area contributed by atoms with E-state index in [4.69, 9.17) is 4.99 Å². The van der Waals surface area contributed by atoms with Crippen molar-refractivity contribution in [2.45, 2.75) is 45.2 Å². The Morgan fingerprint density at radius 2 is 1.81 bits per heavy atom. The van der Waals surface area contributed by atoms with E-state index in [9.17, 15) is 0 Å². The van der Waals surface area contributed by atoms with Gasteiger partial charge in [-0.2, -0.15) is 0 Å². The molecule has 2 aromatic rings. The molecule has 0 radical (unpaired) electrons. The monoisotopic (exact) mass is 549 g/mol. The Bertz CT molecular complexity index is 879. The van der Waals surface area contributed by atoms with Crippen molar-refractivity contribution in [3.63, 3.8) is 0 Å². The third kappa shape index (κ3) is 6.78. The van der Waals surface area contributed by atoms with Crippen molar-refractivity contribution in [1.82, 2.24) is 29.9 Å². The number of hydrogen-bond acceptors (Lipinski definition) is 4. The summed E-state index contributed by atoms with van der Waals surface area (Å²) in [5, 5.41) is 12.2. The number of piperazine rings is 1. The first-order chi connectivity index (χ1) is 15.2. The predicted octanol–water partition coefficient (Wildman–Crippen LogP) is 3.46. The minimum absolute atomic E-state index is 0. The fraction of sp³-hybridized carbons (Fsp3) is 0.542. The van der Waals surface area contributed by atoms with Gasteiger partial charge in [-0.1, -0.05) is 55.3 Å². The molecule has 0 unspecified atom stereocenters. The normalized spacial score (nSPS) is 18.3. The zero-order valence-electron chi connectivity index (χ0n) is 19.3. The second-order valence-electron chi connectivity index (χ2n) is 8.59. The summed E-state index contributed by atoms with van der Waals surface area (Å²) in [6.45, 7) is 7.62. The summed E-state index contributed by atoms with van der Waals surface area (Å²) in [6, 6.07) is 11.1. The van der Waals surface area contributed by atoms with Crippen molar-refractivity contribution >= 4 is 36.0 Å². The molecule has 0 spiro atoms. The summed E-state index contributed by atoms with van der Waals surface area (Å²) in [4.78, 5) is 9.88. The molecule has 0 amide bonds. The summed E-state index contributed by atoms with van der Waals surface area (Å²) < 4.78 is 2.02. The Morgan fingerprint density at radius 3 is 2.47 bits per heavy atom. The van der Waals surface area contributed by atoms with Gasteiger partial charge in [0, 0.05) is 45.8 Å². The maximum Gasteiger partial charge on any atom is 0.194 e. The van der Waals surface area contributed by atoms with Gasteiger partial charge in [-0.05, 0) is 25.3 Å². The highest BCUT2D eigenvalue weighted by Gasteiger charge is 2.23. The average Bonchev–Trinajstić information content (AvgIpc) is 3.43. The maximum absolute atomic E-state index is 4.96. The van der Waals surface area contributed by atoms with Gasteiger partial charge in [0.2, 0.25) is 0 Å². The fourth-order valence-corrected chi connectivity index (χ4v) is 4.27. The molecule has 0 atom stereocenters. The van der Waals surface area contributed by atoms with Gasteiger partial charge in [0.1, 0.15) is 12.4 Å². The molecule has 1 aliphatic carbocycles. The second kappa shape index (κ2) is 12.3. The van der Waals surface area contributed by atoms with E-state index in [0.717, 1.165) is 50.3 Å². The first-order valence-electron chi connectivity index (χ1n) is 11.5. The van der Waals surface area contributed by atoms with Crippen molar-refractivity contribution in [2.24, 2.45) is 12.0 Å². The van der Waals surface area contributed by atoms with Crippen LogP contribution in [0.25, 0.3) is 6.08 Å². The lowest BCUT2D eigenvalue weighted by atomic mass is 10.2. The highest BCUT2D eigenvalue weighted by molar-refractivity contribution is 14.0. The van der Waals surface area contributed by atoms with Gasteiger partial charge in [-0.25, -0.2) is 4.99 Å². The molecular formula is C24H36IN7. The Kier molecular flexibility index (Phi) is 9.52. The molecule has 0 bridgehead atoms. The fourth-order valence-electron chi connectivity index (χ4n) is 4.27. The predicted molar refractivity (Wildman–Crippen MR) is 141 cm³/mol. The summed E-state index contributed by atoms with van der Waals surface area (Å²) in [6.07, 6.45) is 9.60. The van der Waals surface area contributed by atoms with Gasteiger partial charge in [-0.15, -0.1) is 34.2 Å². The number of halogens is 1.